The van der Waals surface area contributed by atoms with Gasteiger partial charge in [0.25, 0.3) is 5.56 Å². The van der Waals surface area contributed by atoms with Gasteiger partial charge in [0, 0.05) is 37.5 Å². The third kappa shape index (κ3) is 6.93. The molecule has 1 saturated heterocycles. The van der Waals surface area contributed by atoms with Gasteiger partial charge in [-0.2, -0.15) is 31.4 Å². The molecule has 2 aliphatic rings. The fraction of sp³-hybridized carbons (Fsp3) is 0.591. The van der Waals surface area contributed by atoms with Gasteiger partial charge in [0.05, 0.1) is 37.7 Å². The molecule has 2 N–H and O–H groups in total. The number of anilines is 2. The molecule has 0 saturated carbocycles. The minimum atomic E-state index is -4.87. The lowest BCUT2D eigenvalue weighted by molar-refractivity contribution is -0.142. The van der Waals surface area contributed by atoms with E-state index in [1.165, 1.54) is 11.8 Å². The number of nitrogens with zero attached hydrogens (tertiary/aromatic N) is 5. The second-order valence-corrected chi connectivity index (χ2v) is 10.1. The normalized spacial score (nSPS) is 18.7. The van der Waals surface area contributed by atoms with E-state index in [-0.39, 0.29) is 36.6 Å². The number of aromatic nitrogens is 4. The summed E-state index contributed by atoms with van der Waals surface area (Å²) in [5.74, 6) is 0.736. The third-order valence-electron chi connectivity index (χ3n) is 6.18. The van der Waals surface area contributed by atoms with Crippen LogP contribution in [0.3, 0.4) is 0 Å². The number of fused-ring (bicyclic) bond motifs is 3. The summed E-state index contributed by atoms with van der Waals surface area (Å²) >= 11 is 1.21. The van der Waals surface area contributed by atoms with Crippen LogP contribution in [0, 0.1) is 0 Å². The number of hydrogen-bond donors (Lipinski definition) is 2. The summed E-state index contributed by atoms with van der Waals surface area (Å²) in [4.78, 5) is 35.7. The minimum Gasteiger partial charge on any atom is -0.379 e. The summed E-state index contributed by atoms with van der Waals surface area (Å²) < 4.78 is 84.1. The molecule has 1 amide bonds. The number of thioether (sulfide) groups is 1. The second-order valence-electron chi connectivity index (χ2n) is 9.06. The molecular formula is C22H25F6N7O3S. The Balaban J connectivity index is 1.26. The number of aromatic amines is 1. The Morgan fingerprint density at radius 2 is 2.00 bits per heavy atom. The Morgan fingerprint density at radius 3 is 2.72 bits per heavy atom. The number of piperazine rings is 1. The van der Waals surface area contributed by atoms with Crippen molar-refractivity contribution in [3.8, 4) is 0 Å². The van der Waals surface area contributed by atoms with Crippen LogP contribution in [0.15, 0.2) is 22.2 Å². The number of carbonyl (C=O) groups excluding carboxylic acids is 1. The predicted molar refractivity (Wildman–Crippen MR) is 128 cm³/mol. The van der Waals surface area contributed by atoms with Crippen LogP contribution in [-0.4, -0.2) is 81.7 Å². The van der Waals surface area contributed by atoms with Crippen molar-refractivity contribution < 1.29 is 35.9 Å². The van der Waals surface area contributed by atoms with Crippen molar-refractivity contribution in [3.05, 3.63) is 34.0 Å². The highest BCUT2D eigenvalue weighted by atomic mass is 32.2. The van der Waals surface area contributed by atoms with E-state index in [9.17, 15) is 35.9 Å². The summed E-state index contributed by atoms with van der Waals surface area (Å²) in [6.07, 6.45) is -7.19. The summed E-state index contributed by atoms with van der Waals surface area (Å²) in [6, 6.07) is -0.742. The zero-order valence-corrected chi connectivity index (χ0v) is 21.4. The van der Waals surface area contributed by atoms with Crippen LogP contribution in [-0.2, 0) is 21.9 Å². The number of ether oxygens (including phenoxy) is 1. The summed E-state index contributed by atoms with van der Waals surface area (Å²) in [5.41, 5.74) is -4.26. The lowest BCUT2D eigenvalue weighted by Crippen LogP contribution is -2.55. The Morgan fingerprint density at radius 1 is 1.23 bits per heavy atom. The van der Waals surface area contributed by atoms with E-state index in [0.29, 0.717) is 37.6 Å². The van der Waals surface area contributed by atoms with Crippen LogP contribution in [0.2, 0.25) is 0 Å². The Kier molecular flexibility index (Phi) is 8.58. The molecule has 4 rings (SSSR count). The quantitative estimate of drug-likeness (QED) is 0.376. The van der Waals surface area contributed by atoms with Crippen molar-refractivity contribution in [1.82, 2.24) is 25.1 Å². The van der Waals surface area contributed by atoms with Crippen molar-refractivity contribution >= 4 is 29.2 Å². The number of halogens is 6. The zero-order valence-electron chi connectivity index (χ0n) is 20.6. The molecule has 0 bridgehead atoms. The molecule has 10 nitrogen and oxygen atoms in total. The topological polar surface area (TPSA) is 116 Å². The number of alkyl halides is 6. The number of hydrogen-bond acceptors (Lipinski definition) is 9. The summed E-state index contributed by atoms with van der Waals surface area (Å²) in [7, 11) is 0. The molecule has 0 radical (unpaired) electrons. The maximum absolute atomic E-state index is 13.2. The Hall–Kier alpha value is -3.08. The molecule has 1 fully saturated rings. The van der Waals surface area contributed by atoms with Gasteiger partial charge in [-0.15, -0.1) is 11.8 Å². The summed E-state index contributed by atoms with van der Waals surface area (Å²) in [6.45, 7) is 2.66. The molecule has 0 aliphatic carbocycles. The first-order valence-electron chi connectivity index (χ1n) is 11.9. The molecule has 17 heteroatoms. The van der Waals surface area contributed by atoms with E-state index in [0.717, 1.165) is 12.4 Å². The average molecular weight is 582 g/mol. The second kappa shape index (κ2) is 11.6. The van der Waals surface area contributed by atoms with Gasteiger partial charge < -0.3 is 19.9 Å². The van der Waals surface area contributed by atoms with Gasteiger partial charge in [-0.25, -0.2) is 15.1 Å². The average Bonchev–Trinajstić information content (AvgIpc) is 3.03. The highest BCUT2D eigenvalue weighted by Gasteiger charge is 2.39. The highest BCUT2D eigenvalue weighted by Crippen LogP contribution is 2.37. The van der Waals surface area contributed by atoms with Gasteiger partial charge in [0.2, 0.25) is 5.91 Å². The SMILES string of the molecule is C[C@@H](COCCC(=O)N1CCN2c3ncc(C(F)(F)F)nc3SCC[C@H]2C1)Nc1cn[nH]c(=O)c1C(F)(F)F. The number of nitrogens with one attached hydrogen (secondary N) is 2. The standard InChI is InChI=1S/C22H25F6N7O3S/c1-12(31-14-8-30-33-19(37)17(14)22(26,27)28)11-38-6-2-16(36)34-4-5-35-13(10-34)3-7-39-20-18(35)29-9-15(32-20)21(23,24)25/h8-9,12-13H,2-7,10-11H2,1H3,(H2,31,33,37)/t12-,13-/m0/s1. The van der Waals surface area contributed by atoms with Crippen molar-refractivity contribution in [1.29, 1.82) is 0 Å². The first-order chi connectivity index (χ1) is 18.3. The molecule has 0 spiro atoms. The lowest BCUT2D eigenvalue weighted by atomic mass is 10.1. The molecule has 214 valence electrons. The molecule has 39 heavy (non-hydrogen) atoms. The van der Waals surface area contributed by atoms with Gasteiger partial charge in [-0.1, -0.05) is 0 Å². The lowest BCUT2D eigenvalue weighted by Gasteiger charge is -2.41. The van der Waals surface area contributed by atoms with Crippen LogP contribution >= 0.6 is 11.8 Å². The molecule has 2 aromatic heterocycles. The Labute approximate surface area is 222 Å². The smallest absolute Gasteiger partial charge is 0.379 e. The van der Waals surface area contributed by atoms with E-state index in [1.54, 1.807) is 16.9 Å². The molecule has 2 aliphatic heterocycles. The van der Waals surface area contributed by atoms with Crippen molar-refractivity contribution in [2.75, 3.05) is 48.8 Å². The zero-order chi connectivity index (χ0) is 28.4. The predicted octanol–water partition coefficient (Wildman–Crippen LogP) is 3.02. The first kappa shape index (κ1) is 28.9. The number of H-pyrrole nitrogens is 1. The molecular weight excluding hydrogens is 556 g/mol. The summed E-state index contributed by atoms with van der Waals surface area (Å²) in [5, 5.41) is 7.94. The molecule has 0 aromatic carbocycles. The van der Waals surface area contributed by atoms with E-state index in [4.69, 9.17) is 4.74 Å². The van der Waals surface area contributed by atoms with E-state index >= 15 is 0 Å². The van der Waals surface area contributed by atoms with Crippen molar-refractivity contribution in [2.45, 2.75) is 49.2 Å². The van der Waals surface area contributed by atoms with Crippen LogP contribution in [0.1, 0.15) is 31.0 Å². The van der Waals surface area contributed by atoms with E-state index < -0.39 is 40.9 Å². The highest BCUT2D eigenvalue weighted by molar-refractivity contribution is 7.99. The number of rotatable bonds is 7. The van der Waals surface area contributed by atoms with Crippen LogP contribution in [0.5, 0.6) is 0 Å². The van der Waals surface area contributed by atoms with Crippen LogP contribution in [0.25, 0.3) is 0 Å². The largest absolute Gasteiger partial charge is 0.434 e. The van der Waals surface area contributed by atoms with Gasteiger partial charge >= 0.3 is 12.4 Å². The van der Waals surface area contributed by atoms with Crippen molar-refractivity contribution in [2.24, 2.45) is 0 Å². The van der Waals surface area contributed by atoms with Gasteiger partial charge in [0.15, 0.2) is 11.5 Å². The molecule has 0 unspecified atom stereocenters. The van der Waals surface area contributed by atoms with Crippen LogP contribution < -0.4 is 15.8 Å². The maximum atomic E-state index is 13.2. The van der Waals surface area contributed by atoms with Gasteiger partial charge in [-0.05, 0) is 13.3 Å². The monoisotopic (exact) mass is 581 g/mol. The van der Waals surface area contributed by atoms with Crippen molar-refractivity contribution in [3.63, 3.8) is 0 Å². The molecule has 2 atom stereocenters. The fourth-order valence-corrected chi connectivity index (χ4v) is 5.41. The maximum Gasteiger partial charge on any atom is 0.434 e. The molecule has 4 heterocycles. The molecule has 2 aromatic rings. The van der Waals surface area contributed by atoms with Gasteiger partial charge in [0.1, 0.15) is 10.6 Å². The van der Waals surface area contributed by atoms with Crippen LogP contribution in [0.4, 0.5) is 37.8 Å². The Bertz CT molecular complexity index is 1240. The number of amides is 1. The van der Waals surface area contributed by atoms with Gasteiger partial charge in [-0.3, -0.25) is 9.59 Å². The van der Waals surface area contributed by atoms with E-state index in [2.05, 4.69) is 20.4 Å². The fourth-order valence-electron chi connectivity index (χ4n) is 4.37. The van der Waals surface area contributed by atoms with E-state index in [1.807, 2.05) is 4.90 Å². The minimum absolute atomic E-state index is 0.0274. The first-order valence-corrected chi connectivity index (χ1v) is 12.9. The number of carbonyl (C=O) groups is 1. The third-order valence-corrected chi connectivity index (χ3v) is 7.17.